The Hall–Kier alpha value is -0.980. The molecule has 0 fully saturated rings. The molecule has 1 atom stereocenters. The Labute approximate surface area is 106 Å². The average Bonchev–Trinajstić information content (AvgIpc) is 2.69. The fraction of sp³-hybridized carbons (Fsp3) is 0.364. The van der Waals surface area contributed by atoms with E-state index in [1.165, 1.54) is 0 Å². The minimum atomic E-state index is 0.0172. The second-order valence-electron chi connectivity index (χ2n) is 3.85. The van der Waals surface area contributed by atoms with E-state index < -0.39 is 0 Å². The van der Waals surface area contributed by atoms with Crippen molar-refractivity contribution in [1.82, 2.24) is 0 Å². The zero-order valence-electron chi connectivity index (χ0n) is 8.46. The van der Waals surface area contributed by atoms with Crippen LogP contribution in [0.3, 0.4) is 0 Å². The third kappa shape index (κ3) is 1.53. The van der Waals surface area contributed by atoms with Gasteiger partial charge in [-0.25, -0.2) is 0 Å². The van der Waals surface area contributed by atoms with Crippen LogP contribution in [0.5, 0.6) is 11.5 Å². The van der Waals surface area contributed by atoms with Crippen molar-refractivity contribution in [2.45, 2.75) is 12.5 Å². The molecular weight excluding hydrogens is 321 g/mol. The molecule has 5 heteroatoms. The number of carbonyl (C=O) groups is 1. The second kappa shape index (κ2) is 3.80. The molecule has 2 heterocycles. The highest BCUT2D eigenvalue weighted by Gasteiger charge is 2.29. The lowest BCUT2D eigenvalue weighted by Gasteiger charge is -2.26. The largest absolute Gasteiger partial charge is 0.486 e. The number of anilines is 1. The highest BCUT2D eigenvalue weighted by Crippen LogP contribution is 2.42. The highest BCUT2D eigenvalue weighted by molar-refractivity contribution is 14.1. The summed E-state index contributed by atoms with van der Waals surface area (Å²) in [4.78, 5) is 11.3. The lowest BCUT2D eigenvalue weighted by atomic mass is 10.1. The molecule has 3 rings (SSSR count). The first-order valence-corrected chi connectivity index (χ1v) is 6.61. The quantitative estimate of drug-likeness (QED) is 0.630. The first-order valence-electron chi connectivity index (χ1n) is 5.09. The summed E-state index contributed by atoms with van der Waals surface area (Å²) < 4.78 is 12.3. The molecule has 16 heavy (non-hydrogen) atoms. The summed E-state index contributed by atoms with van der Waals surface area (Å²) in [6, 6.07) is 3.72. The van der Waals surface area contributed by atoms with Gasteiger partial charge in [0.05, 0.1) is 6.42 Å². The van der Waals surface area contributed by atoms with Gasteiger partial charge in [-0.2, -0.15) is 0 Å². The number of rotatable bonds is 1. The van der Waals surface area contributed by atoms with E-state index in [2.05, 4.69) is 27.9 Å². The Morgan fingerprint density at radius 1 is 1.50 bits per heavy atom. The third-order valence-electron chi connectivity index (χ3n) is 2.72. The molecule has 0 aliphatic carbocycles. The Balaban J connectivity index is 2.04. The molecule has 1 N–H and O–H groups in total. The van der Waals surface area contributed by atoms with Crippen LogP contribution in [-0.2, 0) is 11.2 Å². The molecule has 0 spiro atoms. The monoisotopic (exact) mass is 331 g/mol. The minimum Gasteiger partial charge on any atom is -0.486 e. The molecule has 1 aromatic carbocycles. The summed E-state index contributed by atoms with van der Waals surface area (Å²) in [5.74, 6) is 1.50. The highest BCUT2D eigenvalue weighted by atomic mass is 127. The van der Waals surface area contributed by atoms with Gasteiger partial charge in [-0.05, 0) is 12.1 Å². The number of benzene rings is 1. The Morgan fingerprint density at radius 3 is 3.19 bits per heavy atom. The first kappa shape index (κ1) is 10.2. The molecule has 0 unspecified atom stereocenters. The van der Waals surface area contributed by atoms with Crippen molar-refractivity contribution < 1.29 is 14.3 Å². The van der Waals surface area contributed by atoms with Crippen LogP contribution in [0.15, 0.2) is 12.1 Å². The second-order valence-corrected chi connectivity index (χ2v) is 4.73. The Kier molecular flexibility index (Phi) is 2.42. The molecular formula is C11H10INO3. The summed E-state index contributed by atoms with van der Waals surface area (Å²) in [5, 5.41) is 2.80. The summed E-state index contributed by atoms with van der Waals surface area (Å²) in [6.45, 7) is 0.579. The molecule has 0 radical (unpaired) electrons. The fourth-order valence-corrected chi connectivity index (χ4v) is 2.39. The van der Waals surface area contributed by atoms with E-state index in [0.717, 1.165) is 27.2 Å². The molecule has 1 amide bonds. The molecule has 2 aliphatic rings. The van der Waals surface area contributed by atoms with Crippen LogP contribution in [0.1, 0.15) is 5.56 Å². The minimum absolute atomic E-state index is 0.0172. The van der Waals surface area contributed by atoms with E-state index in [1.54, 1.807) is 0 Å². The number of hydrogen-bond donors (Lipinski definition) is 1. The van der Waals surface area contributed by atoms with Gasteiger partial charge in [0, 0.05) is 15.7 Å². The zero-order chi connectivity index (χ0) is 11.1. The van der Waals surface area contributed by atoms with Gasteiger partial charge in [-0.3, -0.25) is 4.79 Å². The summed E-state index contributed by atoms with van der Waals surface area (Å²) in [7, 11) is 0. The topological polar surface area (TPSA) is 47.6 Å². The Morgan fingerprint density at radius 2 is 2.38 bits per heavy atom. The summed E-state index contributed by atoms with van der Waals surface area (Å²) in [6.07, 6.45) is 0.464. The molecule has 4 nitrogen and oxygen atoms in total. The van der Waals surface area contributed by atoms with Gasteiger partial charge in [-0.1, -0.05) is 22.6 Å². The van der Waals surface area contributed by atoms with Crippen molar-refractivity contribution in [3.05, 3.63) is 17.7 Å². The van der Waals surface area contributed by atoms with Gasteiger partial charge < -0.3 is 14.8 Å². The lowest BCUT2D eigenvalue weighted by Crippen LogP contribution is -2.30. The van der Waals surface area contributed by atoms with Crippen LogP contribution in [0.2, 0.25) is 0 Å². The number of carbonyl (C=O) groups excluding carboxylic acids is 1. The van der Waals surface area contributed by atoms with Crippen molar-refractivity contribution in [3.63, 3.8) is 0 Å². The standard InChI is InChI=1S/C11H10INO3/c12-4-6-5-15-9-2-1-8-7(11(9)16-6)3-10(14)13-8/h1-2,6H,3-5H2,(H,13,14)/t6-/m0/s1. The van der Waals surface area contributed by atoms with E-state index >= 15 is 0 Å². The van der Waals surface area contributed by atoms with E-state index in [1.807, 2.05) is 12.1 Å². The average molecular weight is 331 g/mol. The van der Waals surface area contributed by atoms with Crippen molar-refractivity contribution in [3.8, 4) is 11.5 Å². The van der Waals surface area contributed by atoms with Crippen LogP contribution in [-0.4, -0.2) is 23.0 Å². The van der Waals surface area contributed by atoms with Crippen LogP contribution in [0.4, 0.5) is 5.69 Å². The molecule has 0 saturated heterocycles. The fourth-order valence-electron chi connectivity index (χ4n) is 1.96. The number of fused-ring (bicyclic) bond motifs is 3. The first-order chi connectivity index (χ1) is 7.78. The SMILES string of the molecule is O=C1Cc2c(ccc3c2O[C@@H](CI)CO3)N1. The maximum absolute atomic E-state index is 11.3. The molecule has 0 bridgehead atoms. The molecule has 1 aromatic rings. The summed E-state index contributed by atoms with van der Waals surface area (Å²) in [5.41, 5.74) is 1.78. The number of nitrogens with one attached hydrogen (secondary N) is 1. The van der Waals surface area contributed by atoms with Crippen molar-refractivity contribution >= 4 is 34.2 Å². The molecule has 0 aromatic heterocycles. The van der Waals surface area contributed by atoms with Gasteiger partial charge >= 0.3 is 0 Å². The zero-order valence-corrected chi connectivity index (χ0v) is 10.6. The lowest BCUT2D eigenvalue weighted by molar-refractivity contribution is -0.115. The van der Waals surface area contributed by atoms with E-state index in [9.17, 15) is 4.79 Å². The van der Waals surface area contributed by atoms with Gasteiger partial charge in [0.1, 0.15) is 12.7 Å². The van der Waals surface area contributed by atoms with Gasteiger partial charge in [-0.15, -0.1) is 0 Å². The van der Waals surface area contributed by atoms with E-state index in [-0.39, 0.29) is 12.0 Å². The molecule has 84 valence electrons. The number of alkyl halides is 1. The smallest absolute Gasteiger partial charge is 0.229 e. The van der Waals surface area contributed by atoms with E-state index in [0.29, 0.717) is 13.0 Å². The normalized spacial score (nSPS) is 21.6. The summed E-state index contributed by atoms with van der Waals surface area (Å²) >= 11 is 2.27. The van der Waals surface area contributed by atoms with Crippen molar-refractivity contribution in [1.29, 1.82) is 0 Å². The Bertz CT molecular complexity index is 461. The van der Waals surface area contributed by atoms with E-state index in [4.69, 9.17) is 9.47 Å². The number of hydrogen-bond acceptors (Lipinski definition) is 3. The van der Waals surface area contributed by atoms with Crippen LogP contribution in [0, 0.1) is 0 Å². The number of ether oxygens (including phenoxy) is 2. The van der Waals surface area contributed by atoms with Crippen molar-refractivity contribution in [2.75, 3.05) is 16.4 Å². The molecule has 2 aliphatic heterocycles. The van der Waals surface area contributed by atoms with Crippen LogP contribution >= 0.6 is 22.6 Å². The predicted molar refractivity (Wildman–Crippen MR) is 67.6 cm³/mol. The van der Waals surface area contributed by atoms with Gasteiger partial charge in [0.25, 0.3) is 0 Å². The van der Waals surface area contributed by atoms with Crippen molar-refractivity contribution in [2.24, 2.45) is 0 Å². The number of halogens is 1. The van der Waals surface area contributed by atoms with Crippen LogP contribution in [0.25, 0.3) is 0 Å². The molecule has 0 saturated carbocycles. The number of amides is 1. The van der Waals surface area contributed by atoms with Gasteiger partial charge in [0.2, 0.25) is 5.91 Å². The van der Waals surface area contributed by atoms with Gasteiger partial charge in [0.15, 0.2) is 11.5 Å². The predicted octanol–water partition coefficient (Wildman–Crippen LogP) is 1.76. The maximum atomic E-state index is 11.3. The van der Waals surface area contributed by atoms with Crippen LogP contribution < -0.4 is 14.8 Å². The third-order valence-corrected chi connectivity index (χ3v) is 3.70. The maximum Gasteiger partial charge on any atom is 0.229 e.